The van der Waals surface area contributed by atoms with Gasteiger partial charge in [0.05, 0.1) is 26.3 Å². The molecule has 0 bridgehead atoms. The molecule has 0 spiro atoms. The number of aliphatic imine (C=N–C) groups is 1. The minimum atomic E-state index is 0. The zero-order chi connectivity index (χ0) is 11.3. The predicted molar refractivity (Wildman–Crippen MR) is 66.3 cm³/mol. The molecular formula is C10H16ClN3O2. The SMILES string of the molecule is COc1cccc(OC)c1CN=C(N)N.Cl. The Balaban J connectivity index is 0.00000225. The lowest BCUT2D eigenvalue weighted by molar-refractivity contribution is 0.385. The number of halogens is 1. The summed E-state index contributed by atoms with van der Waals surface area (Å²) < 4.78 is 10.4. The first-order valence-electron chi connectivity index (χ1n) is 4.44. The first-order chi connectivity index (χ1) is 7.19. The largest absolute Gasteiger partial charge is 0.496 e. The zero-order valence-electron chi connectivity index (χ0n) is 9.27. The van der Waals surface area contributed by atoms with Crippen LogP contribution in [0, 0.1) is 0 Å². The Hall–Kier alpha value is -1.62. The molecule has 0 aliphatic rings. The summed E-state index contributed by atoms with van der Waals surface area (Å²) in [4.78, 5) is 3.92. The van der Waals surface area contributed by atoms with E-state index in [1.807, 2.05) is 18.2 Å². The van der Waals surface area contributed by atoms with E-state index in [0.29, 0.717) is 18.0 Å². The third-order valence-corrected chi connectivity index (χ3v) is 1.95. The van der Waals surface area contributed by atoms with Crippen LogP contribution < -0.4 is 20.9 Å². The van der Waals surface area contributed by atoms with Crippen molar-refractivity contribution in [1.82, 2.24) is 0 Å². The highest BCUT2D eigenvalue weighted by Crippen LogP contribution is 2.28. The molecule has 16 heavy (non-hydrogen) atoms. The first-order valence-corrected chi connectivity index (χ1v) is 4.44. The molecule has 4 N–H and O–H groups in total. The Morgan fingerprint density at radius 1 is 1.19 bits per heavy atom. The second kappa shape index (κ2) is 6.79. The molecule has 0 heterocycles. The molecule has 0 saturated heterocycles. The average molecular weight is 246 g/mol. The van der Waals surface area contributed by atoms with E-state index in [9.17, 15) is 0 Å². The number of guanidine groups is 1. The number of hydrogen-bond acceptors (Lipinski definition) is 3. The van der Waals surface area contributed by atoms with E-state index in [1.165, 1.54) is 0 Å². The van der Waals surface area contributed by atoms with Gasteiger partial charge in [0.2, 0.25) is 0 Å². The van der Waals surface area contributed by atoms with Gasteiger partial charge in [-0.2, -0.15) is 0 Å². The number of ether oxygens (including phenoxy) is 2. The van der Waals surface area contributed by atoms with Gasteiger partial charge in [0.1, 0.15) is 11.5 Å². The van der Waals surface area contributed by atoms with Crippen LogP contribution >= 0.6 is 12.4 Å². The van der Waals surface area contributed by atoms with Gasteiger partial charge in [-0.05, 0) is 12.1 Å². The first kappa shape index (κ1) is 14.4. The summed E-state index contributed by atoms with van der Waals surface area (Å²) in [5.74, 6) is 1.46. The molecule has 1 aromatic rings. The van der Waals surface area contributed by atoms with Crippen LogP contribution in [-0.4, -0.2) is 20.2 Å². The third kappa shape index (κ3) is 3.51. The lowest BCUT2D eigenvalue weighted by Gasteiger charge is -2.10. The molecular weight excluding hydrogens is 230 g/mol. The van der Waals surface area contributed by atoms with Crippen LogP contribution in [0.3, 0.4) is 0 Å². The minimum absolute atomic E-state index is 0. The summed E-state index contributed by atoms with van der Waals surface area (Å²) in [6.07, 6.45) is 0. The van der Waals surface area contributed by atoms with E-state index in [2.05, 4.69) is 4.99 Å². The van der Waals surface area contributed by atoms with E-state index in [-0.39, 0.29) is 18.4 Å². The van der Waals surface area contributed by atoms with Crippen molar-refractivity contribution in [1.29, 1.82) is 0 Å². The summed E-state index contributed by atoms with van der Waals surface area (Å²) >= 11 is 0. The number of nitrogens with zero attached hydrogens (tertiary/aromatic N) is 1. The van der Waals surface area contributed by atoms with Crippen LogP contribution in [0.5, 0.6) is 11.5 Å². The van der Waals surface area contributed by atoms with E-state index in [1.54, 1.807) is 14.2 Å². The Morgan fingerprint density at radius 3 is 2.06 bits per heavy atom. The Bertz CT molecular complexity index is 343. The molecule has 90 valence electrons. The van der Waals surface area contributed by atoms with Crippen LogP contribution in [0.2, 0.25) is 0 Å². The van der Waals surface area contributed by atoms with Crippen molar-refractivity contribution in [2.45, 2.75) is 6.54 Å². The maximum Gasteiger partial charge on any atom is 0.186 e. The normalized spacial score (nSPS) is 8.88. The summed E-state index contributed by atoms with van der Waals surface area (Å²) in [6.45, 7) is 0.343. The fraction of sp³-hybridized carbons (Fsp3) is 0.300. The maximum absolute atomic E-state index is 5.27. The Kier molecular flexibility index (Phi) is 6.10. The molecule has 0 unspecified atom stereocenters. The van der Waals surface area contributed by atoms with Crippen molar-refractivity contribution in [3.05, 3.63) is 23.8 Å². The van der Waals surface area contributed by atoms with E-state index < -0.39 is 0 Å². The molecule has 6 heteroatoms. The van der Waals surface area contributed by atoms with Crippen LogP contribution in [0.4, 0.5) is 0 Å². The van der Waals surface area contributed by atoms with E-state index in [4.69, 9.17) is 20.9 Å². The number of nitrogens with two attached hydrogens (primary N) is 2. The second-order valence-corrected chi connectivity index (χ2v) is 2.88. The fourth-order valence-corrected chi connectivity index (χ4v) is 1.25. The van der Waals surface area contributed by atoms with Crippen LogP contribution in [-0.2, 0) is 6.54 Å². The van der Waals surface area contributed by atoms with Gasteiger partial charge in [0.15, 0.2) is 5.96 Å². The highest BCUT2D eigenvalue weighted by molar-refractivity contribution is 5.85. The van der Waals surface area contributed by atoms with Crippen molar-refractivity contribution in [3.8, 4) is 11.5 Å². The average Bonchev–Trinajstić information content (AvgIpc) is 2.25. The van der Waals surface area contributed by atoms with Crippen LogP contribution in [0.25, 0.3) is 0 Å². The van der Waals surface area contributed by atoms with Gasteiger partial charge in [-0.1, -0.05) is 6.07 Å². The van der Waals surface area contributed by atoms with Gasteiger partial charge < -0.3 is 20.9 Å². The van der Waals surface area contributed by atoms with E-state index >= 15 is 0 Å². The smallest absolute Gasteiger partial charge is 0.186 e. The number of benzene rings is 1. The zero-order valence-corrected chi connectivity index (χ0v) is 10.1. The summed E-state index contributed by atoms with van der Waals surface area (Å²) in [5.41, 5.74) is 11.4. The maximum atomic E-state index is 5.27. The van der Waals surface area contributed by atoms with Gasteiger partial charge >= 0.3 is 0 Å². The lowest BCUT2D eigenvalue weighted by atomic mass is 10.2. The van der Waals surface area contributed by atoms with Gasteiger partial charge in [-0.25, -0.2) is 4.99 Å². The van der Waals surface area contributed by atoms with Gasteiger partial charge in [-0.15, -0.1) is 12.4 Å². The van der Waals surface area contributed by atoms with Gasteiger partial charge in [-0.3, -0.25) is 0 Å². The number of methoxy groups -OCH3 is 2. The van der Waals surface area contributed by atoms with Crippen LogP contribution in [0.1, 0.15) is 5.56 Å². The van der Waals surface area contributed by atoms with Crippen molar-refractivity contribution in [2.24, 2.45) is 16.5 Å². The van der Waals surface area contributed by atoms with Crippen LogP contribution in [0.15, 0.2) is 23.2 Å². The third-order valence-electron chi connectivity index (χ3n) is 1.95. The topological polar surface area (TPSA) is 82.9 Å². The van der Waals surface area contributed by atoms with Gasteiger partial charge in [0, 0.05) is 0 Å². The van der Waals surface area contributed by atoms with E-state index in [0.717, 1.165) is 5.56 Å². The van der Waals surface area contributed by atoms with Gasteiger partial charge in [0.25, 0.3) is 0 Å². The second-order valence-electron chi connectivity index (χ2n) is 2.88. The highest BCUT2D eigenvalue weighted by atomic mass is 35.5. The molecule has 1 aromatic carbocycles. The molecule has 0 fully saturated rings. The molecule has 0 radical (unpaired) electrons. The molecule has 0 atom stereocenters. The summed E-state index contributed by atoms with van der Waals surface area (Å²) in [5, 5.41) is 0. The number of hydrogen-bond donors (Lipinski definition) is 2. The van der Waals surface area contributed by atoms with Crippen molar-refractivity contribution < 1.29 is 9.47 Å². The molecule has 0 aliphatic heterocycles. The molecule has 0 saturated carbocycles. The Morgan fingerprint density at radius 2 is 1.69 bits per heavy atom. The monoisotopic (exact) mass is 245 g/mol. The Labute approximate surface area is 101 Å². The minimum Gasteiger partial charge on any atom is -0.496 e. The van der Waals surface area contributed by atoms with Crippen molar-refractivity contribution >= 4 is 18.4 Å². The summed E-state index contributed by atoms with van der Waals surface area (Å²) in [7, 11) is 3.18. The summed E-state index contributed by atoms with van der Waals surface area (Å²) in [6, 6.07) is 5.51. The molecule has 5 nitrogen and oxygen atoms in total. The predicted octanol–water partition coefficient (Wildman–Crippen LogP) is 0.899. The van der Waals surface area contributed by atoms with Crippen molar-refractivity contribution in [3.63, 3.8) is 0 Å². The number of rotatable bonds is 4. The lowest BCUT2D eigenvalue weighted by Crippen LogP contribution is -2.22. The molecule has 1 rings (SSSR count). The highest BCUT2D eigenvalue weighted by Gasteiger charge is 2.08. The quantitative estimate of drug-likeness (QED) is 0.610. The molecule has 0 aliphatic carbocycles. The standard InChI is InChI=1S/C10H15N3O2.ClH/c1-14-8-4-3-5-9(15-2)7(8)6-13-10(11)12;/h3-5H,6H2,1-2H3,(H4,11,12,13);1H. The molecule has 0 amide bonds. The molecule has 0 aromatic heterocycles. The fourth-order valence-electron chi connectivity index (χ4n) is 1.25. The van der Waals surface area contributed by atoms with Crippen molar-refractivity contribution in [2.75, 3.05) is 14.2 Å².